The molecule has 0 radical (unpaired) electrons. The van der Waals surface area contributed by atoms with Crippen molar-refractivity contribution in [3.8, 4) is 0 Å². The maximum atomic E-state index is 4.65. The minimum atomic E-state index is 0.645. The molecular weight excluding hydrogens is 256 g/mol. The number of guanidine groups is 1. The van der Waals surface area contributed by atoms with Crippen LogP contribution in [0.1, 0.15) is 42.3 Å². The molecule has 1 fully saturated rings. The van der Waals surface area contributed by atoms with Crippen molar-refractivity contribution in [2.45, 2.75) is 52.5 Å². The van der Waals surface area contributed by atoms with Gasteiger partial charge in [0.1, 0.15) is 0 Å². The van der Waals surface area contributed by atoms with E-state index in [2.05, 4.69) is 41.4 Å². The number of thiazole rings is 1. The summed E-state index contributed by atoms with van der Waals surface area (Å²) in [7, 11) is 0. The van der Waals surface area contributed by atoms with E-state index < -0.39 is 0 Å². The SMILES string of the molecule is CCNC(=NCCc1nc(CC)c(C)s1)NC1CC1. The van der Waals surface area contributed by atoms with Gasteiger partial charge in [-0.15, -0.1) is 11.3 Å². The molecule has 1 saturated carbocycles. The van der Waals surface area contributed by atoms with Gasteiger partial charge >= 0.3 is 0 Å². The average molecular weight is 280 g/mol. The van der Waals surface area contributed by atoms with Crippen LogP contribution in [0, 0.1) is 6.92 Å². The number of rotatable bonds is 6. The van der Waals surface area contributed by atoms with Gasteiger partial charge in [-0.25, -0.2) is 4.98 Å². The van der Waals surface area contributed by atoms with E-state index in [4.69, 9.17) is 0 Å². The first-order valence-electron chi connectivity index (χ1n) is 7.23. The van der Waals surface area contributed by atoms with E-state index in [0.717, 1.165) is 31.9 Å². The van der Waals surface area contributed by atoms with Crippen molar-refractivity contribution in [1.82, 2.24) is 15.6 Å². The zero-order valence-electron chi connectivity index (χ0n) is 12.1. The van der Waals surface area contributed by atoms with Crippen molar-refractivity contribution < 1.29 is 0 Å². The van der Waals surface area contributed by atoms with Crippen LogP contribution in [0.4, 0.5) is 0 Å². The highest BCUT2D eigenvalue weighted by atomic mass is 32.1. The third kappa shape index (κ3) is 4.49. The Morgan fingerprint density at radius 3 is 2.79 bits per heavy atom. The first kappa shape index (κ1) is 14.3. The first-order chi connectivity index (χ1) is 9.22. The van der Waals surface area contributed by atoms with Gasteiger partial charge in [0.25, 0.3) is 0 Å². The summed E-state index contributed by atoms with van der Waals surface area (Å²) in [5.41, 5.74) is 1.24. The van der Waals surface area contributed by atoms with Crippen molar-refractivity contribution in [3.05, 3.63) is 15.6 Å². The van der Waals surface area contributed by atoms with E-state index in [-0.39, 0.29) is 0 Å². The Hall–Kier alpha value is -1.10. The fourth-order valence-corrected chi connectivity index (χ4v) is 2.94. The van der Waals surface area contributed by atoms with E-state index in [1.54, 1.807) is 0 Å². The minimum Gasteiger partial charge on any atom is -0.357 e. The number of hydrogen-bond acceptors (Lipinski definition) is 3. The minimum absolute atomic E-state index is 0.645. The summed E-state index contributed by atoms with van der Waals surface area (Å²) in [5.74, 6) is 0.953. The van der Waals surface area contributed by atoms with Gasteiger partial charge in [0, 0.05) is 30.4 Å². The summed E-state index contributed by atoms with van der Waals surface area (Å²) < 4.78 is 0. The highest BCUT2D eigenvalue weighted by Gasteiger charge is 2.21. The molecule has 0 aromatic carbocycles. The van der Waals surface area contributed by atoms with E-state index in [0.29, 0.717) is 6.04 Å². The third-order valence-corrected chi connectivity index (χ3v) is 4.20. The van der Waals surface area contributed by atoms with E-state index in [1.807, 2.05) is 11.3 Å². The molecule has 0 atom stereocenters. The Kier molecular flexibility index (Phi) is 5.19. The Morgan fingerprint density at radius 1 is 1.42 bits per heavy atom. The molecule has 0 amide bonds. The standard InChI is InChI=1S/C14H24N4S/c1-4-12-10(3)19-13(18-12)8-9-16-14(15-5-2)17-11-6-7-11/h11H,4-9H2,1-3H3,(H2,15,16,17). The number of nitrogens with one attached hydrogen (secondary N) is 2. The highest BCUT2D eigenvalue weighted by Crippen LogP contribution is 2.19. The summed E-state index contributed by atoms with van der Waals surface area (Å²) in [4.78, 5) is 10.6. The molecule has 0 bridgehead atoms. The van der Waals surface area contributed by atoms with Gasteiger partial charge in [-0.1, -0.05) is 6.92 Å². The zero-order valence-corrected chi connectivity index (χ0v) is 12.9. The average Bonchev–Trinajstić information content (AvgIpc) is 3.12. The maximum Gasteiger partial charge on any atom is 0.191 e. The topological polar surface area (TPSA) is 49.3 Å². The largest absolute Gasteiger partial charge is 0.357 e. The van der Waals surface area contributed by atoms with Gasteiger partial charge in [-0.05, 0) is 33.1 Å². The summed E-state index contributed by atoms with van der Waals surface area (Å²) in [6.07, 6.45) is 4.51. The normalized spacial score (nSPS) is 15.6. The molecule has 1 aliphatic carbocycles. The Morgan fingerprint density at radius 2 is 2.21 bits per heavy atom. The van der Waals surface area contributed by atoms with Crippen LogP contribution < -0.4 is 10.6 Å². The molecule has 4 nitrogen and oxygen atoms in total. The van der Waals surface area contributed by atoms with Gasteiger partial charge in [0.2, 0.25) is 0 Å². The second-order valence-corrected chi connectivity index (χ2v) is 6.18. The van der Waals surface area contributed by atoms with Gasteiger partial charge in [-0.2, -0.15) is 0 Å². The fraction of sp³-hybridized carbons (Fsp3) is 0.714. The van der Waals surface area contributed by atoms with Gasteiger partial charge < -0.3 is 10.6 Å². The number of nitrogens with zero attached hydrogens (tertiary/aromatic N) is 2. The van der Waals surface area contributed by atoms with Crippen LogP contribution in [0.25, 0.3) is 0 Å². The predicted octanol–water partition coefficient (Wildman–Crippen LogP) is 2.27. The lowest BCUT2D eigenvalue weighted by atomic mass is 10.3. The van der Waals surface area contributed by atoms with Gasteiger partial charge in [0.05, 0.1) is 10.7 Å². The molecule has 1 aromatic heterocycles. The van der Waals surface area contributed by atoms with Crippen LogP contribution in [-0.4, -0.2) is 30.1 Å². The lowest BCUT2D eigenvalue weighted by Gasteiger charge is -2.09. The van der Waals surface area contributed by atoms with Crippen LogP contribution in [0.15, 0.2) is 4.99 Å². The van der Waals surface area contributed by atoms with Gasteiger partial charge in [-0.3, -0.25) is 4.99 Å². The molecule has 0 aliphatic heterocycles. The van der Waals surface area contributed by atoms with Crippen molar-refractivity contribution in [2.24, 2.45) is 4.99 Å². The lowest BCUT2D eigenvalue weighted by molar-refractivity contribution is 0.806. The zero-order chi connectivity index (χ0) is 13.7. The number of hydrogen-bond donors (Lipinski definition) is 2. The lowest BCUT2D eigenvalue weighted by Crippen LogP contribution is -2.38. The summed E-state index contributed by atoms with van der Waals surface area (Å²) in [5, 5.41) is 7.93. The van der Waals surface area contributed by atoms with Crippen LogP contribution in [0.3, 0.4) is 0 Å². The summed E-state index contributed by atoms with van der Waals surface area (Å²) >= 11 is 1.81. The van der Waals surface area contributed by atoms with Gasteiger partial charge in [0.15, 0.2) is 5.96 Å². The van der Waals surface area contributed by atoms with Crippen LogP contribution in [0.5, 0.6) is 0 Å². The summed E-state index contributed by atoms with van der Waals surface area (Å²) in [6.45, 7) is 8.13. The van der Waals surface area contributed by atoms with E-state index in [1.165, 1.54) is 28.4 Å². The van der Waals surface area contributed by atoms with Crippen molar-refractivity contribution in [2.75, 3.05) is 13.1 Å². The molecule has 5 heteroatoms. The Bertz CT molecular complexity index is 435. The number of aryl methyl sites for hydroxylation is 2. The molecule has 2 rings (SSSR count). The monoisotopic (exact) mass is 280 g/mol. The number of aromatic nitrogens is 1. The van der Waals surface area contributed by atoms with E-state index >= 15 is 0 Å². The Balaban J connectivity index is 1.84. The van der Waals surface area contributed by atoms with Crippen LogP contribution in [0.2, 0.25) is 0 Å². The molecule has 0 spiro atoms. The van der Waals surface area contributed by atoms with Crippen molar-refractivity contribution in [1.29, 1.82) is 0 Å². The molecule has 1 aromatic rings. The molecular formula is C14H24N4S. The number of aliphatic imine (C=N–C) groups is 1. The highest BCUT2D eigenvalue weighted by molar-refractivity contribution is 7.11. The molecule has 2 N–H and O–H groups in total. The fourth-order valence-electron chi connectivity index (χ4n) is 1.93. The molecule has 19 heavy (non-hydrogen) atoms. The molecule has 0 unspecified atom stereocenters. The van der Waals surface area contributed by atoms with Crippen molar-refractivity contribution >= 4 is 17.3 Å². The second kappa shape index (κ2) is 6.89. The van der Waals surface area contributed by atoms with Crippen LogP contribution in [-0.2, 0) is 12.8 Å². The van der Waals surface area contributed by atoms with Crippen molar-refractivity contribution in [3.63, 3.8) is 0 Å². The maximum absolute atomic E-state index is 4.65. The molecule has 1 heterocycles. The van der Waals surface area contributed by atoms with Crippen LogP contribution >= 0.6 is 11.3 Å². The second-order valence-electron chi connectivity index (χ2n) is 4.89. The molecule has 0 saturated heterocycles. The Labute approximate surface area is 119 Å². The molecule has 106 valence electrons. The smallest absolute Gasteiger partial charge is 0.191 e. The predicted molar refractivity (Wildman–Crippen MR) is 82.1 cm³/mol. The molecule has 1 aliphatic rings. The van der Waals surface area contributed by atoms with E-state index in [9.17, 15) is 0 Å². The third-order valence-electron chi connectivity index (χ3n) is 3.13. The summed E-state index contributed by atoms with van der Waals surface area (Å²) in [6, 6.07) is 0.645. The first-order valence-corrected chi connectivity index (χ1v) is 8.04. The quantitative estimate of drug-likeness (QED) is 0.621.